The maximum Gasteiger partial charge on any atom is 0.325 e. The number of hydrogen-bond donors (Lipinski definition) is 2. The van der Waals surface area contributed by atoms with Crippen LogP contribution in [0.25, 0.3) is 0 Å². The van der Waals surface area contributed by atoms with E-state index in [1.807, 2.05) is 0 Å². The number of hydrogen-bond acceptors (Lipinski definition) is 4. The minimum atomic E-state index is -0.827. The molecule has 1 aliphatic carbocycles. The van der Waals surface area contributed by atoms with Crippen molar-refractivity contribution in [3.8, 4) is 0 Å². The summed E-state index contributed by atoms with van der Waals surface area (Å²) in [7, 11) is 0. The zero-order chi connectivity index (χ0) is 21.7. The molecule has 0 bridgehead atoms. The molecule has 30 heavy (non-hydrogen) atoms. The Morgan fingerprint density at radius 2 is 1.90 bits per heavy atom. The molecule has 1 spiro atoms. The zero-order valence-corrected chi connectivity index (χ0v) is 18.4. The number of imide groups is 1. The average molecular weight is 421 g/mol. The zero-order valence-electron chi connectivity index (χ0n) is 18.4. The van der Waals surface area contributed by atoms with Crippen LogP contribution in [-0.2, 0) is 14.4 Å². The van der Waals surface area contributed by atoms with E-state index in [1.165, 1.54) is 0 Å². The maximum absolute atomic E-state index is 13.0. The van der Waals surface area contributed by atoms with Gasteiger partial charge in [-0.3, -0.25) is 19.3 Å². The number of unbranched alkanes of at least 4 members (excludes halogenated alkanes) is 1. The fraction of sp³-hybridized carbons (Fsp3) is 0.818. The number of nitrogens with one attached hydrogen (secondary N) is 2. The molecule has 2 N–H and O–H groups in total. The molecule has 168 valence electrons. The first-order chi connectivity index (χ1) is 14.4. The summed E-state index contributed by atoms with van der Waals surface area (Å²) in [6.45, 7) is 5.55. The SMILES string of the molecule is CCCCNC(=O)C1CCCN(C(=O)CN2C(=O)NC3(CCC(CC)CC3)C2=O)C1. The van der Waals surface area contributed by atoms with Crippen LogP contribution >= 0.6 is 0 Å². The lowest BCUT2D eigenvalue weighted by atomic mass is 9.75. The molecule has 5 amide bonds. The fourth-order valence-corrected chi connectivity index (χ4v) is 4.92. The van der Waals surface area contributed by atoms with Crippen molar-refractivity contribution < 1.29 is 19.2 Å². The van der Waals surface area contributed by atoms with Crippen molar-refractivity contribution >= 4 is 23.8 Å². The number of nitrogens with zero attached hydrogens (tertiary/aromatic N) is 2. The highest BCUT2D eigenvalue weighted by Crippen LogP contribution is 2.37. The molecule has 0 aromatic carbocycles. The molecule has 0 aromatic heterocycles. The monoisotopic (exact) mass is 420 g/mol. The minimum Gasteiger partial charge on any atom is -0.356 e. The molecule has 3 rings (SSSR count). The molecule has 0 aromatic rings. The molecule has 8 heteroatoms. The fourth-order valence-electron chi connectivity index (χ4n) is 4.92. The summed E-state index contributed by atoms with van der Waals surface area (Å²) in [5.74, 6) is -0.157. The van der Waals surface area contributed by atoms with Crippen molar-refractivity contribution in [2.45, 2.75) is 77.2 Å². The first kappa shape index (κ1) is 22.6. The van der Waals surface area contributed by atoms with Crippen molar-refractivity contribution in [1.29, 1.82) is 0 Å². The molecule has 3 aliphatic rings. The highest BCUT2D eigenvalue weighted by Gasteiger charge is 2.52. The second kappa shape index (κ2) is 9.79. The van der Waals surface area contributed by atoms with Gasteiger partial charge >= 0.3 is 6.03 Å². The largest absolute Gasteiger partial charge is 0.356 e. The Morgan fingerprint density at radius 3 is 2.57 bits per heavy atom. The smallest absolute Gasteiger partial charge is 0.325 e. The lowest BCUT2D eigenvalue weighted by Crippen LogP contribution is -2.51. The minimum absolute atomic E-state index is 0.0115. The van der Waals surface area contributed by atoms with Crippen molar-refractivity contribution in [2.75, 3.05) is 26.2 Å². The van der Waals surface area contributed by atoms with Crippen LogP contribution in [0.2, 0.25) is 0 Å². The van der Waals surface area contributed by atoms with Gasteiger partial charge in [-0.05, 0) is 50.9 Å². The van der Waals surface area contributed by atoms with E-state index in [0.29, 0.717) is 38.4 Å². The van der Waals surface area contributed by atoms with Crippen LogP contribution in [0.3, 0.4) is 0 Å². The molecule has 2 heterocycles. The van der Waals surface area contributed by atoms with Crippen molar-refractivity contribution in [2.24, 2.45) is 11.8 Å². The molecular weight excluding hydrogens is 384 g/mol. The van der Waals surface area contributed by atoms with Gasteiger partial charge < -0.3 is 15.5 Å². The van der Waals surface area contributed by atoms with Crippen LogP contribution in [0.5, 0.6) is 0 Å². The van der Waals surface area contributed by atoms with E-state index in [0.717, 1.165) is 49.8 Å². The number of urea groups is 1. The van der Waals surface area contributed by atoms with Gasteiger partial charge in [0.2, 0.25) is 11.8 Å². The van der Waals surface area contributed by atoms with Gasteiger partial charge in [0.05, 0.1) is 5.92 Å². The highest BCUT2D eigenvalue weighted by molar-refractivity contribution is 6.09. The lowest BCUT2D eigenvalue weighted by molar-refractivity contribution is -0.141. The average Bonchev–Trinajstić information content (AvgIpc) is 2.98. The van der Waals surface area contributed by atoms with E-state index >= 15 is 0 Å². The normalized spacial score (nSPS) is 29.3. The molecule has 1 unspecified atom stereocenters. The number of amides is 5. The van der Waals surface area contributed by atoms with Crippen molar-refractivity contribution in [3.05, 3.63) is 0 Å². The first-order valence-corrected chi connectivity index (χ1v) is 11.6. The molecule has 2 saturated heterocycles. The van der Waals surface area contributed by atoms with E-state index in [9.17, 15) is 19.2 Å². The second-order valence-electron chi connectivity index (χ2n) is 9.08. The Balaban J connectivity index is 1.55. The molecule has 8 nitrogen and oxygen atoms in total. The summed E-state index contributed by atoms with van der Waals surface area (Å²) >= 11 is 0. The van der Waals surface area contributed by atoms with E-state index in [4.69, 9.17) is 0 Å². The third-order valence-corrected chi connectivity index (χ3v) is 7.05. The maximum atomic E-state index is 13.0. The van der Waals surface area contributed by atoms with Gasteiger partial charge in [-0.2, -0.15) is 0 Å². The highest BCUT2D eigenvalue weighted by atomic mass is 16.2. The Hall–Kier alpha value is -2.12. The van der Waals surface area contributed by atoms with Gasteiger partial charge in [0.25, 0.3) is 5.91 Å². The van der Waals surface area contributed by atoms with Gasteiger partial charge in [0.15, 0.2) is 0 Å². The van der Waals surface area contributed by atoms with Crippen LogP contribution < -0.4 is 10.6 Å². The summed E-state index contributed by atoms with van der Waals surface area (Å²) in [6, 6.07) is -0.464. The Kier molecular flexibility index (Phi) is 7.36. The predicted molar refractivity (Wildman–Crippen MR) is 112 cm³/mol. The topological polar surface area (TPSA) is 98.8 Å². The van der Waals surface area contributed by atoms with Gasteiger partial charge in [0, 0.05) is 19.6 Å². The van der Waals surface area contributed by atoms with Gasteiger partial charge in [-0.1, -0.05) is 26.7 Å². The van der Waals surface area contributed by atoms with Crippen LogP contribution in [-0.4, -0.2) is 65.3 Å². The summed E-state index contributed by atoms with van der Waals surface area (Å²) in [5.41, 5.74) is -0.827. The van der Waals surface area contributed by atoms with Crippen LogP contribution in [0.1, 0.15) is 71.6 Å². The van der Waals surface area contributed by atoms with Crippen molar-refractivity contribution in [3.63, 3.8) is 0 Å². The van der Waals surface area contributed by atoms with Crippen LogP contribution in [0, 0.1) is 11.8 Å². The summed E-state index contributed by atoms with van der Waals surface area (Å²) in [4.78, 5) is 53.5. The van der Waals surface area contributed by atoms with Crippen LogP contribution in [0.4, 0.5) is 4.79 Å². The first-order valence-electron chi connectivity index (χ1n) is 11.6. The Morgan fingerprint density at radius 1 is 1.17 bits per heavy atom. The number of likely N-dealkylation sites (tertiary alicyclic amines) is 1. The molecule has 2 aliphatic heterocycles. The van der Waals surface area contributed by atoms with Gasteiger partial charge in [-0.25, -0.2) is 4.79 Å². The molecule has 1 saturated carbocycles. The van der Waals surface area contributed by atoms with Gasteiger partial charge in [-0.15, -0.1) is 0 Å². The second-order valence-corrected chi connectivity index (χ2v) is 9.08. The number of carbonyl (C=O) groups excluding carboxylic acids is 4. The van der Waals surface area contributed by atoms with Crippen LogP contribution in [0.15, 0.2) is 0 Å². The number of rotatable bonds is 7. The molecule has 0 radical (unpaired) electrons. The molecule has 1 atom stereocenters. The molecule has 3 fully saturated rings. The van der Waals surface area contributed by atoms with E-state index < -0.39 is 11.6 Å². The summed E-state index contributed by atoms with van der Waals surface area (Å²) in [6.07, 6.45) is 7.68. The number of carbonyl (C=O) groups is 4. The summed E-state index contributed by atoms with van der Waals surface area (Å²) in [5, 5.41) is 5.82. The van der Waals surface area contributed by atoms with E-state index in [-0.39, 0.29) is 30.2 Å². The van der Waals surface area contributed by atoms with Gasteiger partial charge in [0.1, 0.15) is 12.1 Å². The summed E-state index contributed by atoms with van der Waals surface area (Å²) < 4.78 is 0. The standard InChI is InChI=1S/C22H36N4O4/c1-3-5-12-23-19(28)17-7-6-13-25(14-17)18(27)15-26-20(29)22(24-21(26)30)10-8-16(4-2)9-11-22/h16-17H,3-15H2,1-2H3,(H,23,28)(H,24,30). The van der Waals surface area contributed by atoms with E-state index in [1.54, 1.807) is 4.90 Å². The molecular formula is C22H36N4O4. The third-order valence-electron chi connectivity index (χ3n) is 7.05. The van der Waals surface area contributed by atoms with E-state index in [2.05, 4.69) is 24.5 Å². The third kappa shape index (κ3) is 4.78. The lowest BCUT2D eigenvalue weighted by Gasteiger charge is -2.35. The predicted octanol–water partition coefficient (Wildman–Crippen LogP) is 2.03. The Labute approximate surface area is 179 Å². The Bertz CT molecular complexity index is 672. The quantitative estimate of drug-likeness (QED) is 0.486. The number of piperidine rings is 1. The van der Waals surface area contributed by atoms with Crippen molar-refractivity contribution in [1.82, 2.24) is 20.4 Å².